The molecule has 9 nitrogen and oxygen atoms in total. The molecular weight excluding hydrogens is 731 g/mol. The molecule has 0 saturated carbocycles. The van der Waals surface area contributed by atoms with Crippen molar-refractivity contribution < 1.29 is 14.4 Å². The van der Waals surface area contributed by atoms with E-state index in [0.717, 1.165) is 56.3 Å². The lowest BCUT2D eigenvalue weighted by Crippen LogP contribution is -2.16. The van der Waals surface area contributed by atoms with Gasteiger partial charge in [0, 0.05) is 31.8 Å². The normalized spacial score (nSPS) is 13.6. The fourth-order valence-electron chi connectivity index (χ4n) is 5.26. The first kappa shape index (κ1) is 32.9. The summed E-state index contributed by atoms with van der Waals surface area (Å²) in [5.74, 6) is 3.41. The number of anilines is 3. The van der Waals surface area contributed by atoms with E-state index in [4.69, 9.17) is 0 Å². The number of carbonyl (C=O) groups is 3. The van der Waals surface area contributed by atoms with Gasteiger partial charge in [0.1, 0.15) is 13.8 Å². The van der Waals surface area contributed by atoms with Gasteiger partial charge in [0.05, 0.1) is 31.1 Å². The predicted octanol–water partition coefficient (Wildman–Crippen LogP) is 6.62. The van der Waals surface area contributed by atoms with Crippen molar-refractivity contribution in [3.05, 3.63) is 117 Å². The Bertz CT molecular complexity index is 2110. The Morgan fingerprint density at radius 2 is 1.27 bits per heavy atom. The number of carbonyl (C=O) groups excluding carboxylic acids is 3. The maximum Gasteiger partial charge on any atom is 0.228 e. The molecule has 0 unspecified atom stereocenters. The van der Waals surface area contributed by atoms with Crippen LogP contribution in [0.1, 0.15) is 22.3 Å². The van der Waals surface area contributed by atoms with Crippen LogP contribution in [0.5, 0.6) is 0 Å². The van der Waals surface area contributed by atoms with Crippen molar-refractivity contribution in [1.29, 1.82) is 0 Å². The first-order chi connectivity index (χ1) is 23.0. The molecule has 3 aliphatic heterocycles. The molecule has 3 aliphatic rings. The number of amides is 3. The molecule has 4 aromatic carbocycles. The Morgan fingerprint density at radius 3 is 1.90 bits per heavy atom. The Morgan fingerprint density at radius 1 is 0.708 bits per heavy atom. The molecule has 0 fully saturated rings. The summed E-state index contributed by atoms with van der Waals surface area (Å²) in [5.41, 5.74) is 13.0. The summed E-state index contributed by atoms with van der Waals surface area (Å²) in [7, 11) is -1.32. The quantitative estimate of drug-likeness (QED) is 0.106. The van der Waals surface area contributed by atoms with Crippen molar-refractivity contribution in [2.75, 3.05) is 16.0 Å². The fourth-order valence-corrected chi connectivity index (χ4v) is 6.33. The molecule has 4 heterocycles. The molecule has 0 atom stereocenters. The molecule has 5 aromatic rings. The minimum Gasteiger partial charge on any atom is -0.326 e. The van der Waals surface area contributed by atoms with Crippen LogP contribution in [0, 0.1) is 15.0 Å². The Hall–Kier alpha value is -5.06. The van der Waals surface area contributed by atoms with E-state index in [9.17, 15) is 14.4 Å². The van der Waals surface area contributed by atoms with Crippen LogP contribution < -0.4 is 16.0 Å². The Balaban J connectivity index is 0.000000132. The summed E-state index contributed by atoms with van der Waals surface area (Å²) in [6.45, 7) is 6.66. The van der Waals surface area contributed by atoms with Crippen molar-refractivity contribution >= 4 is 65.4 Å². The average Bonchev–Trinajstić information content (AvgIpc) is 3.84. The van der Waals surface area contributed by atoms with Crippen LogP contribution in [0.25, 0.3) is 16.9 Å². The van der Waals surface area contributed by atoms with Gasteiger partial charge in [-0.2, -0.15) is 0 Å². The lowest BCUT2D eigenvalue weighted by Gasteiger charge is -2.03. The zero-order chi connectivity index (χ0) is 33.8. The number of nitrogens with zero attached hydrogens (tertiary/aromatic N) is 3. The van der Waals surface area contributed by atoms with Gasteiger partial charge in [-0.05, 0) is 99.9 Å². The van der Waals surface area contributed by atoms with Crippen LogP contribution in [0.3, 0.4) is 0 Å². The van der Waals surface area contributed by atoms with Gasteiger partial charge >= 0.3 is 0 Å². The van der Waals surface area contributed by atoms with Crippen LogP contribution in [-0.2, 0) is 33.6 Å². The molecule has 11 heteroatoms. The molecular formula is C37H33IN6O3Si. The number of benzene rings is 4. The second kappa shape index (κ2) is 14.0. The zero-order valence-electron chi connectivity index (χ0n) is 26.7. The van der Waals surface area contributed by atoms with E-state index in [0.29, 0.717) is 19.3 Å². The van der Waals surface area contributed by atoms with Crippen molar-refractivity contribution in [2.45, 2.75) is 38.9 Å². The highest BCUT2D eigenvalue weighted by Crippen LogP contribution is 2.28. The minimum atomic E-state index is -1.32. The fraction of sp³-hybridized carbons (Fsp3) is 0.162. The molecule has 8 rings (SSSR count). The van der Waals surface area contributed by atoms with Crippen molar-refractivity contribution in [3.8, 4) is 28.4 Å². The monoisotopic (exact) mass is 764 g/mol. The second-order valence-electron chi connectivity index (χ2n) is 12.6. The van der Waals surface area contributed by atoms with Crippen LogP contribution in [0.4, 0.5) is 17.1 Å². The van der Waals surface area contributed by atoms with Crippen LogP contribution in [0.15, 0.2) is 91.1 Å². The van der Waals surface area contributed by atoms with Crippen molar-refractivity contribution in [3.63, 3.8) is 0 Å². The summed E-state index contributed by atoms with van der Waals surface area (Å²) in [5, 5.41) is 16.8. The SMILES string of the molecule is C[Si](C)(C)C#Cc1ccc2c(c1)CC(=O)N2.O=C1Cc2cc(-c3cn(-c4ccccc4)nn3)ccc2N1.O=C1Cc2cc(I)ccc2N1. The third-order valence-corrected chi connectivity index (χ3v) is 9.09. The molecule has 0 spiro atoms. The van der Waals surface area contributed by atoms with E-state index in [1.165, 1.54) is 3.57 Å². The number of para-hydroxylation sites is 1. The predicted molar refractivity (Wildman–Crippen MR) is 200 cm³/mol. The van der Waals surface area contributed by atoms with Gasteiger partial charge in [-0.15, -0.1) is 10.6 Å². The molecule has 3 amide bonds. The second-order valence-corrected chi connectivity index (χ2v) is 18.6. The maximum absolute atomic E-state index is 11.4. The number of hydrogen-bond donors (Lipinski definition) is 3. The molecule has 240 valence electrons. The molecule has 0 saturated heterocycles. The average molecular weight is 765 g/mol. The van der Waals surface area contributed by atoms with Gasteiger partial charge in [-0.25, -0.2) is 4.68 Å². The van der Waals surface area contributed by atoms with E-state index in [2.05, 4.69) is 80.0 Å². The smallest absolute Gasteiger partial charge is 0.228 e. The van der Waals surface area contributed by atoms with Gasteiger partial charge in [-0.3, -0.25) is 14.4 Å². The van der Waals surface area contributed by atoms with E-state index in [1.807, 2.05) is 91.1 Å². The first-order valence-corrected chi connectivity index (χ1v) is 20.0. The molecule has 1 aromatic heterocycles. The van der Waals surface area contributed by atoms with Gasteiger partial charge in [0.15, 0.2) is 0 Å². The largest absolute Gasteiger partial charge is 0.326 e. The minimum absolute atomic E-state index is 0.0371. The van der Waals surface area contributed by atoms with E-state index in [1.54, 1.807) is 4.68 Å². The number of rotatable bonds is 2. The molecule has 0 radical (unpaired) electrons. The molecule has 0 bridgehead atoms. The van der Waals surface area contributed by atoms with Crippen LogP contribution in [0.2, 0.25) is 19.6 Å². The van der Waals surface area contributed by atoms with E-state index >= 15 is 0 Å². The van der Waals surface area contributed by atoms with Crippen molar-refractivity contribution in [2.24, 2.45) is 0 Å². The van der Waals surface area contributed by atoms with Gasteiger partial charge in [0.2, 0.25) is 17.7 Å². The zero-order valence-corrected chi connectivity index (χ0v) is 29.9. The van der Waals surface area contributed by atoms with Gasteiger partial charge in [0.25, 0.3) is 0 Å². The number of halogens is 1. The highest BCUT2D eigenvalue weighted by Gasteiger charge is 2.19. The van der Waals surface area contributed by atoms with Crippen LogP contribution >= 0.6 is 22.6 Å². The summed E-state index contributed by atoms with van der Waals surface area (Å²) in [6, 6.07) is 27.6. The Kier molecular flexibility index (Phi) is 9.56. The number of fused-ring (bicyclic) bond motifs is 3. The summed E-state index contributed by atoms with van der Waals surface area (Å²) in [4.78, 5) is 33.5. The highest BCUT2D eigenvalue weighted by molar-refractivity contribution is 14.1. The topological polar surface area (TPSA) is 118 Å². The van der Waals surface area contributed by atoms with E-state index < -0.39 is 8.07 Å². The first-order valence-electron chi connectivity index (χ1n) is 15.4. The lowest BCUT2D eigenvalue weighted by molar-refractivity contribution is -0.115. The summed E-state index contributed by atoms with van der Waals surface area (Å²) < 4.78 is 2.92. The van der Waals surface area contributed by atoms with Gasteiger partial charge < -0.3 is 16.0 Å². The van der Waals surface area contributed by atoms with Crippen molar-refractivity contribution in [1.82, 2.24) is 15.0 Å². The third-order valence-electron chi connectivity index (χ3n) is 7.54. The molecule has 0 aliphatic carbocycles. The number of nitrogens with one attached hydrogen (secondary N) is 3. The molecule has 3 N–H and O–H groups in total. The van der Waals surface area contributed by atoms with E-state index in [-0.39, 0.29) is 17.7 Å². The number of hydrogen-bond acceptors (Lipinski definition) is 5. The lowest BCUT2D eigenvalue weighted by atomic mass is 10.1. The third kappa shape index (κ3) is 8.25. The summed E-state index contributed by atoms with van der Waals surface area (Å²) in [6.07, 6.45) is 3.33. The highest BCUT2D eigenvalue weighted by atomic mass is 127. The summed E-state index contributed by atoms with van der Waals surface area (Å²) >= 11 is 2.24. The van der Waals surface area contributed by atoms with Crippen LogP contribution in [-0.4, -0.2) is 40.8 Å². The molecule has 48 heavy (non-hydrogen) atoms. The standard InChI is InChI=1S/C16H12N4O.C13H15NOSi.C8H6INO/c21-16-9-12-8-11(6-7-14(12)17-16)15-10-20(19-18-15)13-4-2-1-3-5-13;1-16(2,3)7-6-10-4-5-12-11(8-10)9-13(15)14-12;9-6-1-2-7-5(3-6)4-8(11)10-7/h1-8,10H,9H2,(H,17,21);4-5,8H,9H2,1-3H3,(H,14,15);1-3H,4H2,(H,10,11). The Labute approximate surface area is 293 Å². The van der Waals surface area contributed by atoms with Gasteiger partial charge in [-0.1, -0.05) is 55.0 Å². The maximum atomic E-state index is 11.4. The number of aromatic nitrogens is 3.